The molecule has 1 aliphatic heterocycles. The van der Waals surface area contributed by atoms with Crippen LogP contribution in [0.25, 0.3) is 0 Å². The molecule has 2 heterocycles. The highest BCUT2D eigenvalue weighted by molar-refractivity contribution is 7.12. The molecule has 0 saturated carbocycles. The van der Waals surface area contributed by atoms with Crippen LogP contribution in [0.2, 0.25) is 0 Å². The molecule has 114 valence electrons. The van der Waals surface area contributed by atoms with Crippen LogP contribution in [0.15, 0.2) is 6.07 Å². The Balaban J connectivity index is 2.19. The first-order valence-electron chi connectivity index (χ1n) is 7.76. The van der Waals surface area contributed by atoms with Gasteiger partial charge in [0.05, 0.1) is 0 Å². The van der Waals surface area contributed by atoms with Crippen LogP contribution in [0, 0.1) is 19.3 Å². The van der Waals surface area contributed by atoms with Gasteiger partial charge < -0.3 is 5.32 Å². The van der Waals surface area contributed by atoms with Gasteiger partial charge in [-0.2, -0.15) is 0 Å². The summed E-state index contributed by atoms with van der Waals surface area (Å²) >= 11 is 1.93. The van der Waals surface area contributed by atoms with Crippen molar-refractivity contribution < 1.29 is 0 Å². The topological polar surface area (TPSA) is 15.3 Å². The van der Waals surface area contributed by atoms with E-state index in [2.05, 4.69) is 64.7 Å². The van der Waals surface area contributed by atoms with E-state index in [-0.39, 0.29) is 0 Å². The summed E-state index contributed by atoms with van der Waals surface area (Å²) < 4.78 is 0. The highest BCUT2D eigenvalue weighted by atomic mass is 32.1. The fraction of sp³-hybridized carbons (Fsp3) is 0.765. The highest BCUT2D eigenvalue weighted by Crippen LogP contribution is 2.33. The monoisotopic (exact) mass is 294 g/mol. The number of rotatable bonds is 2. The van der Waals surface area contributed by atoms with E-state index in [9.17, 15) is 0 Å². The minimum Gasteiger partial charge on any atom is -0.311 e. The van der Waals surface area contributed by atoms with Gasteiger partial charge in [-0.1, -0.05) is 20.8 Å². The van der Waals surface area contributed by atoms with E-state index in [1.165, 1.54) is 15.3 Å². The van der Waals surface area contributed by atoms with Crippen molar-refractivity contribution in [2.45, 2.75) is 66.6 Å². The van der Waals surface area contributed by atoms with E-state index in [1.807, 2.05) is 11.3 Å². The second-order valence-corrected chi connectivity index (χ2v) is 8.88. The van der Waals surface area contributed by atoms with Crippen molar-refractivity contribution >= 4 is 11.3 Å². The molecule has 1 aromatic heterocycles. The molecule has 3 atom stereocenters. The molecule has 0 bridgehead atoms. The molecule has 1 N–H and O–H groups in total. The maximum Gasteiger partial charge on any atom is 0.0334 e. The number of hydrogen-bond donors (Lipinski definition) is 1. The average molecular weight is 295 g/mol. The summed E-state index contributed by atoms with van der Waals surface area (Å²) in [5.41, 5.74) is 1.84. The lowest BCUT2D eigenvalue weighted by Gasteiger charge is -2.46. The zero-order valence-corrected chi connectivity index (χ0v) is 14.9. The molecular formula is C17H30N2S. The van der Waals surface area contributed by atoms with Crippen molar-refractivity contribution in [2.75, 3.05) is 13.1 Å². The molecule has 0 radical (unpaired) electrons. The van der Waals surface area contributed by atoms with Gasteiger partial charge in [-0.3, -0.25) is 4.90 Å². The van der Waals surface area contributed by atoms with Gasteiger partial charge in [0.1, 0.15) is 0 Å². The molecule has 1 aromatic rings. The SMILES string of the molecule is Cc1cc(C(C)N2CC(C(C)(C)C)NCC2C)c(C)s1. The molecular weight excluding hydrogens is 264 g/mol. The minimum atomic E-state index is 0.317. The fourth-order valence-corrected chi connectivity index (χ4v) is 4.27. The van der Waals surface area contributed by atoms with Crippen LogP contribution < -0.4 is 5.32 Å². The van der Waals surface area contributed by atoms with Gasteiger partial charge in [0.25, 0.3) is 0 Å². The van der Waals surface area contributed by atoms with E-state index in [4.69, 9.17) is 0 Å². The molecule has 3 unspecified atom stereocenters. The lowest BCUT2D eigenvalue weighted by Crippen LogP contribution is -2.59. The fourth-order valence-electron chi connectivity index (χ4n) is 3.25. The second kappa shape index (κ2) is 5.78. The first-order chi connectivity index (χ1) is 9.20. The summed E-state index contributed by atoms with van der Waals surface area (Å²) in [6.45, 7) is 18.4. The molecule has 1 fully saturated rings. The summed E-state index contributed by atoms with van der Waals surface area (Å²) in [6, 6.07) is 4.07. The highest BCUT2D eigenvalue weighted by Gasteiger charge is 2.35. The van der Waals surface area contributed by atoms with Crippen LogP contribution in [-0.2, 0) is 0 Å². The van der Waals surface area contributed by atoms with Crippen molar-refractivity contribution in [1.82, 2.24) is 10.2 Å². The average Bonchev–Trinajstić information content (AvgIpc) is 2.66. The number of aryl methyl sites for hydroxylation is 2. The normalized spacial score (nSPS) is 26.8. The Hall–Kier alpha value is -0.380. The van der Waals surface area contributed by atoms with E-state index in [0.29, 0.717) is 23.5 Å². The first kappa shape index (κ1) is 16.0. The number of nitrogens with one attached hydrogen (secondary N) is 1. The molecule has 2 rings (SSSR count). The van der Waals surface area contributed by atoms with Gasteiger partial charge in [-0.15, -0.1) is 11.3 Å². The van der Waals surface area contributed by atoms with E-state index in [1.54, 1.807) is 0 Å². The van der Waals surface area contributed by atoms with Gasteiger partial charge in [0, 0.05) is 41.0 Å². The first-order valence-corrected chi connectivity index (χ1v) is 8.58. The summed E-state index contributed by atoms with van der Waals surface area (Å²) in [4.78, 5) is 5.59. The van der Waals surface area contributed by atoms with Crippen molar-refractivity contribution in [3.05, 3.63) is 21.4 Å². The Kier molecular flexibility index (Phi) is 4.63. The molecule has 3 heteroatoms. The molecule has 20 heavy (non-hydrogen) atoms. The summed E-state index contributed by atoms with van der Waals surface area (Å²) in [6.07, 6.45) is 0. The zero-order chi connectivity index (χ0) is 15.1. The third-order valence-electron chi connectivity index (χ3n) is 4.69. The summed E-state index contributed by atoms with van der Waals surface area (Å²) in [5, 5.41) is 3.73. The predicted molar refractivity (Wildman–Crippen MR) is 89.6 cm³/mol. The maximum atomic E-state index is 3.73. The number of thiophene rings is 1. The Labute approximate surface area is 128 Å². The van der Waals surface area contributed by atoms with Crippen LogP contribution in [-0.4, -0.2) is 30.1 Å². The molecule has 0 aliphatic carbocycles. The molecule has 0 spiro atoms. The summed E-state index contributed by atoms with van der Waals surface area (Å²) in [5.74, 6) is 0. The largest absolute Gasteiger partial charge is 0.311 e. The molecule has 2 nitrogen and oxygen atoms in total. The van der Waals surface area contributed by atoms with Gasteiger partial charge in [-0.05, 0) is 44.7 Å². The van der Waals surface area contributed by atoms with Crippen LogP contribution in [0.5, 0.6) is 0 Å². The van der Waals surface area contributed by atoms with E-state index < -0.39 is 0 Å². The lowest BCUT2D eigenvalue weighted by atomic mass is 9.84. The standard InChI is InChI=1S/C17H30N2S/c1-11-9-18-16(17(5,6)7)10-19(11)13(3)15-8-12(2)20-14(15)4/h8,11,13,16,18H,9-10H2,1-7H3. The Morgan fingerprint density at radius 1 is 1.35 bits per heavy atom. The van der Waals surface area contributed by atoms with Gasteiger partial charge >= 0.3 is 0 Å². The zero-order valence-electron chi connectivity index (χ0n) is 14.1. The van der Waals surface area contributed by atoms with Gasteiger partial charge in [-0.25, -0.2) is 0 Å². The quantitative estimate of drug-likeness (QED) is 0.882. The number of nitrogens with zero attached hydrogens (tertiary/aromatic N) is 1. The molecule has 0 amide bonds. The Morgan fingerprint density at radius 3 is 2.50 bits per heavy atom. The lowest BCUT2D eigenvalue weighted by molar-refractivity contribution is 0.0628. The number of piperazine rings is 1. The van der Waals surface area contributed by atoms with Gasteiger partial charge in [0.2, 0.25) is 0 Å². The maximum absolute atomic E-state index is 3.73. The Bertz CT molecular complexity index is 458. The van der Waals surface area contributed by atoms with Crippen LogP contribution in [0.3, 0.4) is 0 Å². The minimum absolute atomic E-state index is 0.317. The van der Waals surface area contributed by atoms with Crippen molar-refractivity contribution in [2.24, 2.45) is 5.41 Å². The molecule has 0 aromatic carbocycles. The smallest absolute Gasteiger partial charge is 0.0334 e. The van der Waals surface area contributed by atoms with Crippen molar-refractivity contribution in [3.8, 4) is 0 Å². The second-order valence-electron chi connectivity index (χ2n) is 7.42. The Morgan fingerprint density at radius 2 is 2.00 bits per heavy atom. The van der Waals surface area contributed by atoms with Crippen LogP contribution in [0.1, 0.15) is 56.0 Å². The van der Waals surface area contributed by atoms with E-state index >= 15 is 0 Å². The van der Waals surface area contributed by atoms with Gasteiger partial charge in [0.15, 0.2) is 0 Å². The third kappa shape index (κ3) is 3.26. The molecule has 1 saturated heterocycles. The van der Waals surface area contributed by atoms with Crippen molar-refractivity contribution in [1.29, 1.82) is 0 Å². The van der Waals surface area contributed by atoms with Crippen LogP contribution in [0.4, 0.5) is 0 Å². The predicted octanol–water partition coefficient (Wildman–Crippen LogP) is 4.13. The number of hydrogen-bond acceptors (Lipinski definition) is 3. The molecule has 1 aliphatic rings. The summed E-state index contributed by atoms with van der Waals surface area (Å²) in [7, 11) is 0. The van der Waals surface area contributed by atoms with E-state index in [0.717, 1.165) is 13.1 Å². The van der Waals surface area contributed by atoms with Crippen molar-refractivity contribution in [3.63, 3.8) is 0 Å². The third-order valence-corrected chi connectivity index (χ3v) is 5.67. The van der Waals surface area contributed by atoms with Crippen LogP contribution >= 0.6 is 11.3 Å².